The molecule has 6 heteroatoms. The monoisotopic (exact) mass is 291 g/mol. The van der Waals surface area contributed by atoms with Gasteiger partial charge in [-0.2, -0.15) is 5.10 Å². The molecule has 1 amide bonds. The van der Waals surface area contributed by atoms with Gasteiger partial charge in [-0.05, 0) is 48.2 Å². The average Bonchev–Trinajstić information content (AvgIpc) is 2.84. The van der Waals surface area contributed by atoms with Crippen LogP contribution < -0.4 is 10.7 Å². The lowest BCUT2D eigenvalue weighted by atomic mass is 10.3. The zero-order valence-electron chi connectivity index (χ0n) is 10.9. The molecule has 1 aromatic heterocycles. The number of halogens is 1. The van der Waals surface area contributed by atoms with E-state index in [1.54, 1.807) is 29.7 Å². The van der Waals surface area contributed by atoms with Crippen molar-refractivity contribution >= 4 is 29.1 Å². The Morgan fingerprint density at radius 1 is 1.35 bits per heavy atom. The number of carbonyl (C=O) groups excluding carboxylic acids is 1. The molecule has 1 aromatic carbocycles. The van der Waals surface area contributed by atoms with Crippen molar-refractivity contribution in [3.05, 3.63) is 52.0 Å². The first-order chi connectivity index (χ1) is 9.65. The van der Waals surface area contributed by atoms with E-state index in [0.29, 0.717) is 5.69 Å². The second-order valence-corrected chi connectivity index (χ2v) is 5.07. The summed E-state index contributed by atoms with van der Waals surface area (Å²) < 4.78 is 12.7. The average molecular weight is 291 g/mol. The smallest absolute Gasteiger partial charge is 0.259 e. The van der Waals surface area contributed by atoms with Gasteiger partial charge >= 0.3 is 0 Å². The predicted octanol–water partition coefficient (Wildman–Crippen LogP) is 2.76. The lowest BCUT2D eigenvalue weighted by molar-refractivity contribution is -0.119. The molecule has 0 aliphatic carbocycles. The maximum atomic E-state index is 12.7. The number of anilines is 1. The van der Waals surface area contributed by atoms with E-state index in [9.17, 15) is 9.18 Å². The number of hydrogen-bond acceptors (Lipinski definition) is 4. The van der Waals surface area contributed by atoms with E-state index in [1.807, 2.05) is 18.4 Å². The molecule has 4 nitrogen and oxygen atoms in total. The number of aryl methyl sites for hydroxylation is 1. The van der Waals surface area contributed by atoms with Crippen molar-refractivity contribution in [3.63, 3.8) is 0 Å². The molecule has 0 saturated heterocycles. The molecule has 0 aliphatic rings. The van der Waals surface area contributed by atoms with Gasteiger partial charge in [0.1, 0.15) is 5.82 Å². The number of amides is 1. The number of hydrogen-bond donors (Lipinski definition) is 2. The van der Waals surface area contributed by atoms with Crippen LogP contribution in [-0.2, 0) is 4.79 Å². The minimum atomic E-state index is -0.309. The second kappa shape index (κ2) is 6.81. The highest BCUT2D eigenvalue weighted by Gasteiger charge is 2.00. The van der Waals surface area contributed by atoms with Crippen LogP contribution in [0.2, 0.25) is 0 Å². The first-order valence-corrected chi connectivity index (χ1v) is 6.88. The molecular weight excluding hydrogens is 277 g/mol. The van der Waals surface area contributed by atoms with Crippen molar-refractivity contribution in [3.8, 4) is 0 Å². The third kappa shape index (κ3) is 4.17. The Balaban J connectivity index is 1.77. The quantitative estimate of drug-likeness (QED) is 0.657. The van der Waals surface area contributed by atoms with Crippen molar-refractivity contribution in [2.75, 3.05) is 11.9 Å². The van der Waals surface area contributed by atoms with Crippen LogP contribution in [0.25, 0.3) is 0 Å². The van der Waals surface area contributed by atoms with E-state index in [1.165, 1.54) is 12.1 Å². The highest BCUT2D eigenvalue weighted by molar-refractivity contribution is 7.11. The number of hydrazone groups is 1. The molecule has 0 fully saturated rings. The van der Waals surface area contributed by atoms with Gasteiger partial charge in [0.05, 0.1) is 12.8 Å². The van der Waals surface area contributed by atoms with Crippen LogP contribution in [-0.4, -0.2) is 18.7 Å². The first-order valence-electron chi connectivity index (χ1n) is 6.00. The molecule has 104 valence electrons. The third-order valence-electron chi connectivity index (χ3n) is 2.57. The molecule has 0 bridgehead atoms. The Morgan fingerprint density at radius 2 is 2.10 bits per heavy atom. The molecule has 0 radical (unpaired) electrons. The maximum Gasteiger partial charge on any atom is 0.259 e. The van der Waals surface area contributed by atoms with Crippen molar-refractivity contribution in [1.29, 1.82) is 0 Å². The third-order valence-corrected chi connectivity index (χ3v) is 3.52. The highest BCUT2D eigenvalue weighted by Crippen LogP contribution is 2.12. The van der Waals surface area contributed by atoms with E-state index < -0.39 is 0 Å². The Labute approximate surface area is 120 Å². The standard InChI is InChI=1S/C14H14FN3OS/c1-10-6-7-20-13(10)8-17-18-14(19)9-16-12-4-2-11(15)3-5-12/h2-8,16H,9H2,1H3,(H,18,19). The van der Waals surface area contributed by atoms with E-state index in [0.717, 1.165) is 10.4 Å². The number of nitrogens with one attached hydrogen (secondary N) is 2. The summed E-state index contributed by atoms with van der Waals surface area (Å²) in [5.74, 6) is -0.573. The van der Waals surface area contributed by atoms with Crippen LogP contribution in [0.5, 0.6) is 0 Å². The van der Waals surface area contributed by atoms with Crippen molar-refractivity contribution < 1.29 is 9.18 Å². The molecule has 0 aliphatic heterocycles. The molecule has 0 unspecified atom stereocenters. The van der Waals surface area contributed by atoms with E-state index in [2.05, 4.69) is 15.8 Å². The van der Waals surface area contributed by atoms with E-state index in [-0.39, 0.29) is 18.3 Å². The summed E-state index contributed by atoms with van der Waals surface area (Å²) in [7, 11) is 0. The Hall–Kier alpha value is -2.21. The van der Waals surface area contributed by atoms with Crippen LogP contribution in [0.1, 0.15) is 10.4 Å². The molecule has 2 aromatic rings. The summed E-state index contributed by atoms with van der Waals surface area (Å²) in [6.07, 6.45) is 1.62. The molecule has 0 spiro atoms. The Morgan fingerprint density at radius 3 is 2.75 bits per heavy atom. The van der Waals surface area contributed by atoms with Gasteiger partial charge in [0.2, 0.25) is 0 Å². The number of thiophene rings is 1. The van der Waals surface area contributed by atoms with Crippen LogP contribution in [0.15, 0.2) is 40.8 Å². The fourth-order valence-electron chi connectivity index (χ4n) is 1.47. The Bertz CT molecular complexity index is 607. The van der Waals surface area contributed by atoms with Gasteiger partial charge in [0, 0.05) is 10.6 Å². The first kappa shape index (κ1) is 14.2. The normalized spacial score (nSPS) is 10.7. The lowest BCUT2D eigenvalue weighted by Gasteiger charge is -2.04. The van der Waals surface area contributed by atoms with Crippen LogP contribution in [0.3, 0.4) is 0 Å². The summed E-state index contributed by atoms with van der Waals surface area (Å²) in [4.78, 5) is 12.5. The van der Waals surface area contributed by atoms with Gasteiger partial charge in [0.25, 0.3) is 5.91 Å². The molecule has 20 heavy (non-hydrogen) atoms. The number of benzene rings is 1. The molecular formula is C14H14FN3OS. The zero-order chi connectivity index (χ0) is 14.4. The molecule has 2 rings (SSSR count). The van der Waals surface area contributed by atoms with Crippen LogP contribution in [0.4, 0.5) is 10.1 Å². The Kier molecular flexibility index (Phi) is 4.84. The summed E-state index contributed by atoms with van der Waals surface area (Å²) in [6, 6.07) is 7.79. The topological polar surface area (TPSA) is 53.5 Å². The number of carbonyl (C=O) groups is 1. The summed E-state index contributed by atoms with van der Waals surface area (Å²) in [5, 5.41) is 8.73. The lowest BCUT2D eigenvalue weighted by Crippen LogP contribution is -2.25. The molecule has 0 atom stereocenters. The van der Waals surface area contributed by atoms with E-state index >= 15 is 0 Å². The highest BCUT2D eigenvalue weighted by atomic mass is 32.1. The van der Waals surface area contributed by atoms with Crippen molar-refractivity contribution in [2.45, 2.75) is 6.92 Å². The maximum absolute atomic E-state index is 12.7. The number of rotatable bonds is 5. The fraction of sp³-hybridized carbons (Fsp3) is 0.143. The number of nitrogens with zero attached hydrogens (tertiary/aromatic N) is 1. The van der Waals surface area contributed by atoms with Crippen LogP contribution in [0, 0.1) is 12.7 Å². The second-order valence-electron chi connectivity index (χ2n) is 4.12. The fourth-order valence-corrected chi connectivity index (χ4v) is 2.26. The molecule has 2 N–H and O–H groups in total. The SMILES string of the molecule is Cc1ccsc1C=NNC(=O)CNc1ccc(F)cc1. The van der Waals surface area contributed by atoms with E-state index in [4.69, 9.17) is 0 Å². The zero-order valence-corrected chi connectivity index (χ0v) is 11.7. The van der Waals surface area contributed by atoms with Crippen LogP contribution >= 0.6 is 11.3 Å². The minimum absolute atomic E-state index is 0.0758. The van der Waals surface area contributed by atoms with Crippen molar-refractivity contribution in [1.82, 2.24) is 5.43 Å². The van der Waals surface area contributed by atoms with Gasteiger partial charge in [-0.15, -0.1) is 11.3 Å². The van der Waals surface area contributed by atoms with Gasteiger partial charge < -0.3 is 5.32 Å². The molecule has 0 saturated carbocycles. The van der Waals surface area contributed by atoms with Gasteiger partial charge in [0.15, 0.2) is 0 Å². The summed E-state index contributed by atoms with van der Waals surface area (Å²) in [6.45, 7) is 2.06. The predicted molar refractivity (Wildman–Crippen MR) is 79.7 cm³/mol. The van der Waals surface area contributed by atoms with Crippen molar-refractivity contribution in [2.24, 2.45) is 5.10 Å². The van der Waals surface area contributed by atoms with Gasteiger partial charge in [-0.3, -0.25) is 4.79 Å². The van der Waals surface area contributed by atoms with Gasteiger partial charge in [-0.25, -0.2) is 9.82 Å². The van der Waals surface area contributed by atoms with Gasteiger partial charge in [-0.1, -0.05) is 0 Å². The summed E-state index contributed by atoms with van der Waals surface area (Å²) >= 11 is 1.56. The summed E-state index contributed by atoms with van der Waals surface area (Å²) in [5.41, 5.74) is 4.23. The minimum Gasteiger partial charge on any atom is -0.376 e. The largest absolute Gasteiger partial charge is 0.376 e. The molecule has 1 heterocycles.